The average Bonchev–Trinajstić information content (AvgIpc) is 3.16. The molecule has 0 radical (unpaired) electrons. The molecule has 146 valence electrons. The van der Waals surface area contributed by atoms with Gasteiger partial charge in [-0.25, -0.2) is 0 Å². The number of rotatable bonds is 5. The van der Waals surface area contributed by atoms with Crippen molar-refractivity contribution >= 4 is 23.4 Å². The Bertz CT molecular complexity index is 812. The summed E-state index contributed by atoms with van der Waals surface area (Å²) in [5, 5.41) is 5.29. The third kappa shape index (κ3) is 3.80. The number of ether oxygens (including phenoxy) is 1. The van der Waals surface area contributed by atoms with E-state index in [1.54, 1.807) is 0 Å². The van der Waals surface area contributed by atoms with Gasteiger partial charge in [0.2, 0.25) is 0 Å². The van der Waals surface area contributed by atoms with Crippen LogP contribution >= 0.6 is 23.4 Å². The Morgan fingerprint density at radius 1 is 1.22 bits per heavy atom. The number of benzene rings is 1. The molecule has 27 heavy (non-hydrogen) atoms. The second kappa shape index (κ2) is 7.43. The van der Waals surface area contributed by atoms with Crippen molar-refractivity contribution in [2.45, 2.75) is 51.0 Å². The molecule has 3 heterocycles. The van der Waals surface area contributed by atoms with Crippen LogP contribution in [0.4, 0.5) is 0 Å². The predicted molar refractivity (Wildman–Crippen MR) is 112 cm³/mol. The van der Waals surface area contributed by atoms with Crippen LogP contribution in [0.5, 0.6) is 0 Å². The lowest BCUT2D eigenvalue weighted by Gasteiger charge is -2.40. The molecule has 0 saturated carbocycles. The number of hydrogen-bond donors (Lipinski definition) is 0. The number of thioether (sulfide) groups is 1. The van der Waals surface area contributed by atoms with Crippen molar-refractivity contribution < 1.29 is 4.74 Å². The summed E-state index contributed by atoms with van der Waals surface area (Å²) in [6.45, 7) is 8.33. The molecule has 4 nitrogen and oxygen atoms in total. The summed E-state index contributed by atoms with van der Waals surface area (Å²) in [4.78, 5) is 2.51. The standard InChI is InChI=1S/C21H28ClN3OS/c1-20(2)18-5-4-17(22)12-19(18)21(26-20)6-8-24(9-7-21)14-16-13-23-25(15-16)10-11-27-3/h4-5,12-13,15H,6-11,14H2,1-3H3. The van der Waals surface area contributed by atoms with E-state index in [4.69, 9.17) is 16.3 Å². The molecule has 1 aromatic heterocycles. The molecule has 1 saturated heterocycles. The summed E-state index contributed by atoms with van der Waals surface area (Å²) in [5.74, 6) is 1.10. The zero-order chi connectivity index (χ0) is 19.1. The molecule has 0 unspecified atom stereocenters. The summed E-state index contributed by atoms with van der Waals surface area (Å²) in [6, 6.07) is 6.24. The first-order chi connectivity index (χ1) is 12.9. The maximum Gasteiger partial charge on any atom is 0.0971 e. The first-order valence-electron chi connectivity index (χ1n) is 9.65. The molecule has 1 spiro atoms. The molecule has 6 heteroatoms. The Labute approximate surface area is 171 Å². The fourth-order valence-corrected chi connectivity index (χ4v) is 5.06. The second-order valence-corrected chi connectivity index (χ2v) is 9.60. The van der Waals surface area contributed by atoms with E-state index in [1.807, 2.05) is 24.0 Å². The van der Waals surface area contributed by atoms with Crippen LogP contribution < -0.4 is 0 Å². The van der Waals surface area contributed by atoms with Gasteiger partial charge in [0.25, 0.3) is 0 Å². The molecule has 0 atom stereocenters. The lowest BCUT2D eigenvalue weighted by Crippen LogP contribution is -2.43. The van der Waals surface area contributed by atoms with Crippen molar-refractivity contribution in [1.82, 2.24) is 14.7 Å². The lowest BCUT2D eigenvalue weighted by molar-refractivity contribution is -0.150. The highest BCUT2D eigenvalue weighted by Gasteiger charge is 2.50. The van der Waals surface area contributed by atoms with Crippen molar-refractivity contribution in [2.24, 2.45) is 0 Å². The average molecular weight is 406 g/mol. The van der Waals surface area contributed by atoms with Crippen LogP contribution in [0.3, 0.4) is 0 Å². The van der Waals surface area contributed by atoms with E-state index in [0.29, 0.717) is 0 Å². The number of nitrogens with zero attached hydrogens (tertiary/aromatic N) is 3. The number of likely N-dealkylation sites (tertiary alicyclic amines) is 1. The molecule has 2 aliphatic rings. The molecule has 0 amide bonds. The van der Waals surface area contributed by atoms with E-state index in [-0.39, 0.29) is 11.2 Å². The molecule has 1 fully saturated rings. The van der Waals surface area contributed by atoms with Crippen LogP contribution in [0.2, 0.25) is 5.02 Å². The van der Waals surface area contributed by atoms with Crippen LogP contribution in [0.1, 0.15) is 43.4 Å². The van der Waals surface area contributed by atoms with Gasteiger partial charge < -0.3 is 4.74 Å². The van der Waals surface area contributed by atoms with E-state index < -0.39 is 0 Å². The van der Waals surface area contributed by atoms with Crippen LogP contribution in [0.15, 0.2) is 30.6 Å². The zero-order valence-electron chi connectivity index (χ0n) is 16.4. The monoisotopic (exact) mass is 405 g/mol. The molecule has 0 bridgehead atoms. The van der Waals surface area contributed by atoms with Gasteiger partial charge in [0.1, 0.15) is 0 Å². The zero-order valence-corrected chi connectivity index (χ0v) is 17.9. The normalized spacial score (nSPS) is 20.9. The number of fused-ring (bicyclic) bond motifs is 2. The number of aryl methyl sites for hydroxylation is 1. The maximum atomic E-state index is 6.65. The lowest BCUT2D eigenvalue weighted by atomic mass is 9.82. The van der Waals surface area contributed by atoms with Crippen molar-refractivity contribution in [1.29, 1.82) is 0 Å². The van der Waals surface area contributed by atoms with Crippen molar-refractivity contribution in [3.8, 4) is 0 Å². The third-order valence-corrected chi connectivity index (χ3v) is 6.68. The fraction of sp³-hybridized carbons (Fsp3) is 0.571. The summed E-state index contributed by atoms with van der Waals surface area (Å²) in [5.41, 5.74) is 3.44. The first kappa shape index (κ1) is 19.3. The first-order valence-corrected chi connectivity index (χ1v) is 11.4. The third-order valence-electron chi connectivity index (χ3n) is 5.85. The van der Waals surface area contributed by atoms with Gasteiger partial charge in [0, 0.05) is 48.7 Å². The van der Waals surface area contributed by atoms with Gasteiger partial charge in [0.15, 0.2) is 0 Å². The predicted octanol–water partition coefficient (Wildman–Crippen LogP) is 4.66. The smallest absolute Gasteiger partial charge is 0.0971 e. The van der Waals surface area contributed by atoms with Crippen molar-refractivity contribution in [2.75, 3.05) is 25.1 Å². The van der Waals surface area contributed by atoms with E-state index >= 15 is 0 Å². The Morgan fingerprint density at radius 3 is 2.74 bits per heavy atom. The Morgan fingerprint density at radius 2 is 2.00 bits per heavy atom. The quantitative estimate of drug-likeness (QED) is 0.723. The maximum absolute atomic E-state index is 6.65. The van der Waals surface area contributed by atoms with E-state index in [9.17, 15) is 0 Å². The minimum absolute atomic E-state index is 0.192. The highest BCUT2D eigenvalue weighted by atomic mass is 35.5. The van der Waals surface area contributed by atoms with Crippen molar-refractivity contribution in [3.63, 3.8) is 0 Å². The van der Waals surface area contributed by atoms with Gasteiger partial charge in [-0.15, -0.1) is 0 Å². The number of halogens is 1. The molecule has 2 aromatic rings. The molecule has 2 aliphatic heterocycles. The molecule has 0 aliphatic carbocycles. The Kier molecular flexibility index (Phi) is 5.32. The summed E-state index contributed by atoms with van der Waals surface area (Å²) >= 11 is 8.17. The number of hydrogen-bond acceptors (Lipinski definition) is 4. The minimum atomic E-state index is -0.249. The SMILES string of the molecule is CSCCn1cc(CN2CCC3(CC2)OC(C)(C)c2ccc(Cl)cc23)cn1. The number of piperidine rings is 1. The van der Waals surface area contributed by atoms with E-state index in [1.165, 1.54) is 16.7 Å². The Hall–Kier alpha value is -1.01. The molecule has 0 N–H and O–H groups in total. The van der Waals surface area contributed by atoms with Crippen LogP contribution in [0, 0.1) is 0 Å². The minimum Gasteiger partial charge on any atom is -0.360 e. The van der Waals surface area contributed by atoms with Gasteiger partial charge in [-0.1, -0.05) is 17.7 Å². The van der Waals surface area contributed by atoms with Crippen molar-refractivity contribution in [3.05, 3.63) is 52.3 Å². The summed E-state index contributed by atoms with van der Waals surface area (Å²) in [7, 11) is 0. The molecule has 4 rings (SSSR count). The summed E-state index contributed by atoms with van der Waals surface area (Å²) in [6.07, 6.45) is 8.33. The van der Waals surface area contributed by atoms with Gasteiger partial charge >= 0.3 is 0 Å². The highest BCUT2D eigenvalue weighted by molar-refractivity contribution is 7.98. The molecular weight excluding hydrogens is 378 g/mol. The van der Waals surface area contributed by atoms with Gasteiger partial charge in [-0.05, 0) is 56.2 Å². The van der Waals surface area contributed by atoms with E-state index in [2.05, 4.69) is 53.1 Å². The highest BCUT2D eigenvalue weighted by Crippen LogP contribution is 2.52. The van der Waals surface area contributed by atoms with Gasteiger partial charge in [-0.3, -0.25) is 9.58 Å². The topological polar surface area (TPSA) is 30.3 Å². The summed E-state index contributed by atoms with van der Waals surface area (Å²) < 4.78 is 8.70. The largest absolute Gasteiger partial charge is 0.360 e. The van der Waals surface area contributed by atoms with Crippen LogP contribution in [-0.4, -0.2) is 39.8 Å². The fourth-order valence-electron chi connectivity index (χ4n) is 4.51. The number of aromatic nitrogens is 2. The van der Waals surface area contributed by atoms with E-state index in [0.717, 1.165) is 49.8 Å². The molecule has 1 aromatic carbocycles. The van der Waals surface area contributed by atoms with Crippen LogP contribution in [0.25, 0.3) is 0 Å². The van der Waals surface area contributed by atoms with Crippen LogP contribution in [-0.2, 0) is 29.0 Å². The van der Waals surface area contributed by atoms with Gasteiger partial charge in [0.05, 0.1) is 17.4 Å². The Balaban J connectivity index is 1.44. The molecular formula is C21H28ClN3OS. The second-order valence-electron chi connectivity index (χ2n) is 8.18. The van der Waals surface area contributed by atoms with Gasteiger partial charge in [-0.2, -0.15) is 16.9 Å².